The van der Waals surface area contributed by atoms with Crippen LogP contribution in [0.3, 0.4) is 0 Å². The molecule has 0 heterocycles. The predicted octanol–water partition coefficient (Wildman–Crippen LogP) is 2.95. The van der Waals surface area contributed by atoms with Crippen LogP contribution in [0.5, 0.6) is 11.5 Å². The molecule has 0 aliphatic rings. The van der Waals surface area contributed by atoms with Gasteiger partial charge in [-0.25, -0.2) is 0 Å². The van der Waals surface area contributed by atoms with Crippen LogP contribution < -0.4 is 20.5 Å². The van der Waals surface area contributed by atoms with E-state index in [1.807, 2.05) is 6.07 Å². The lowest BCUT2D eigenvalue weighted by atomic mass is 10.2. The van der Waals surface area contributed by atoms with E-state index in [9.17, 15) is 4.79 Å². The van der Waals surface area contributed by atoms with Gasteiger partial charge in [0.2, 0.25) is 0 Å². The van der Waals surface area contributed by atoms with E-state index in [2.05, 4.69) is 5.32 Å². The van der Waals surface area contributed by atoms with E-state index in [1.54, 1.807) is 36.4 Å². The molecular weight excluding hydrogens is 292 g/mol. The molecule has 0 atom stereocenters. The van der Waals surface area contributed by atoms with Crippen molar-refractivity contribution in [2.24, 2.45) is 0 Å². The molecule has 0 aliphatic carbocycles. The molecule has 2 aromatic rings. The summed E-state index contributed by atoms with van der Waals surface area (Å²) in [7, 11) is 1.54. The molecule has 3 N–H and O–H groups in total. The van der Waals surface area contributed by atoms with Crippen molar-refractivity contribution >= 4 is 28.9 Å². The van der Waals surface area contributed by atoms with Gasteiger partial charge in [-0.2, -0.15) is 0 Å². The number of halogens is 1. The fraction of sp³-hybridized carbons (Fsp3) is 0.133. The molecular formula is C15H15ClN2O3. The monoisotopic (exact) mass is 306 g/mol. The normalized spacial score (nSPS) is 10.0. The van der Waals surface area contributed by atoms with Crippen molar-refractivity contribution in [2.75, 3.05) is 24.8 Å². The molecule has 0 unspecified atom stereocenters. The zero-order valence-electron chi connectivity index (χ0n) is 11.4. The Morgan fingerprint density at radius 2 is 1.95 bits per heavy atom. The highest BCUT2D eigenvalue weighted by molar-refractivity contribution is 6.31. The standard InChI is InChI=1S/C15H15ClN2O3/c1-20-13-4-2-3-5-14(13)21-9-15(19)18-12-8-10(16)6-7-11(12)17/h2-8H,9,17H2,1H3,(H,18,19). The molecule has 21 heavy (non-hydrogen) atoms. The van der Waals surface area contributed by atoms with Crippen LogP contribution in [0.2, 0.25) is 5.02 Å². The lowest BCUT2D eigenvalue weighted by molar-refractivity contribution is -0.118. The smallest absolute Gasteiger partial charge is 0.262 e. The quantitative estimate of drug-likeness (QED) is 0.833. The number of nitrogens with two attached hydrogens (primary N) is 1. The number of carbonyl (C=O) groups excluding carboxylic acids is 1. The first-order chi connectivity index (χ1) is 10.1. The molecule has 2 rings (SSSR count). The van der Waals surface area contributed by atoms with Gasteiger partial charge in [-0.05, 0) is 30.3 Å². The Morgan fingerprint density at radius 1 is 1.24 bits per heavy atom. The number of benzene rings is 2. The summed E-state index contributed by atoms with van der Waals surface area (Å²) < 4.78 is 10.6. The van der Waals surface area contributed by atoms with E-state index < -0.39 is 0 Å². The van der Waals surface area contributed by atoms with Crippen molar-refractivity contribution < 1.29 is 14.3 Å². The Bertz CT molecular complexity index is 647. The number of carbonyl (C=O) groups is 1. The summed E-state index contributed by atoms with van der Waals surface area (Å²) in [4.78, 5) is 11.9. The number of methoxy groups -OCH3 is 1. The summed E-state index contributed by atoms with van der Waals surface area (Å²) >= 11 is 5.86. The van der Waals surface area contributed by atoms with Gasteiger partial charge < -0.3 is 20.5 Å². The third-order valence-corrected chi connectivity index (χ3v) is 2.95. The Morgan fingerprint density at radius 3 is 2.67 bits per heavy atom. The highest BCUT2D eigenvalue weighted by atomic mass is 35.5. The third kappa shape index (κ3) is 4.03. The number of rotatable bonds is 5. The molecule has 0 radical (unpaired) electrons. The van der Waals surface area contributed by atoms with Crippen molar-refractivity contribution in [2.45, 2.75) is 0 Å². The summed E-state index contributed by atoms with van der Waals surface area (Å²) in [6.45, 7) is -0.160. The number of anilines is 2. The van der Waals surface area contributed by atoms with Gasteiger partial charge in [0.25, 0.3) is 5.91 Å². The van der Waals surface area contributed by atoms with Crippen molar-refractivity contribution in [3.05, 3.63) is 47.5 Å². The van der Waals surface area contributed by atoms with Crippen molar-refractivity contribution in [3.8, 4) is 11.5 Å². The fourth-order valence-electron chi connectivity index (χ4n) is 1.70. The van der Waals surface area contributed by atoms with E-state index in [0.29, 0.717) is 27.9 Å². The van der Waals surface area contributed by atoms with Crippen LogP contribution in [-0.2, 0) is 4.79 Å². The second kappa shape index (κ2) is 6.85. The summed E-state index contributed by atoms with van der Waals surface area (Å²) in [6, 6.07) is 11.9. The number of amides is 1. The maximum absolute atomic E-state index is 11.9. The van der Waals surface area contributed by atoms with Gasteiger partial charge in [-0.3, -0.25) is 4.79 Å². The molecule has 110 valence electrons. The molecule has 2 aromatic carbocycles. The second-order valence-electron chi connectivity index (χ2n) is 4.22. The van der Waals surface area contributed by atoms with Crippen LogP contribution in [0.15, 0.2) is 42.5 Å². The summed E-state index contributed by atoms with van der Waals surface area (Å²) in [5.74, 6) is 0.719. The summed E-state index contributed by atoms with van der Waals surface area (Å²) in [6.07, 6.45) is 0. The maximum atomic E-state index is 11.9. The Kier molecular flexibility index (Phi) is 4.90. The zero-order chi connectivity index (χ0) is 15.2. The highest BCUT2D eigenvalue weighted by Gasteiger charge is 2.09. The van der Waals surface area contributed by atoms with Crippen LogP contribution in [0.1, 0.15) is 0 Å². The predicted molar refractivity (Wildman–Crippen MR) is 83.0 cm³/mol. The van der Waals surface area contributed by atoms with E-state index in [1.165, 1.54) is 7.11 Å². The van der Waals surface area contributed by atoms with Gasteiger partial charge >= 0.3 is 0 Å². The largest absolute Gasteiger partial charge is 0.493 e. The van der Waals surface area contributed by atoms with Gasteiger partial charge in [0.1, 0.15) is 0 Å². The van der Waals surface area contributed by atoms with Crippen LogP contribution in [0, 0.1) is 0 Å². The minimum atomic E-state index is -0.338. The van der Waals surface area contributed by atoms with Gasteiger partial charge in [0, 0.05) is 5.02 Å². The first kappa shape index (κ1) is 15.0. The van der Waals surface area contributed by atoms with Gasteiger partial charge in [-0.1, -0.05) is 23.7 Å². The molecule has 5 nitrogen and oxygen atoms in total. The molecule has 0 saturated heterocycles. The van der Waals surface area contributed by atoms with E-state index >= 15 is 0 Å². The van der Waals surface area contributed by atoms with Crippen LogP contribution in [-0.4, -0.2) is 19.6 Å². The van der Waals surface area contributed by atoms with Gasteiger partial charge in [0.05, 0.1) is 18.5 Å². The van der Waals surface area contributed by atoms with Gasteiger partial charge in [0.15, 0.2) is 18.1 Å². The number of ether oxygens (including phenoxy) is 2. The number of hydrogen-bond donors (Lipinski definition) is 2. The Hall–Kier alpha value is -2.40. The molecule has 0 saturated carbocycles. The topological polar surface area (TPSA) is 73.6 Å². The molecule has 0 spiro atoms. The molecule has 0 fully saturated rings. The number of para-hydroxylation sites is 2. The lowest BCUT2D eigenvalue weighted by Gasteiger charge is -2.11. The molecule has 6 heteroatoms. The third-order valence-electron chi connectivity index (χ3n) is 2.72. The number of nitrogen functional groups attached to an aromatic ring is 1. The Balaban J connectivity index is 1.97. The van der Waals surface area contributed by atoms with Gasteiger partial charge in [-0.15, -0.1) is 0 Å². The van der Waals surface area contributed by atoms with Crippen LogP contribution in [0.4, 0.5) is 11.4 Å². The van der Waals surface area contributed by atoms with Crippen molar-refractivity contribution in [1.82, 2.24) is 0 Å². The number of nitrogens with one attached hydrogen (secondary N) is 1. The molecule has 1 amide bonds. The average Bonchev–Trinajstić information content (AvgIpc) is 2.49. The average molecular weight is 307 g/mol. The van der Waals surface area contributed by atoms with Crippen LogP contribution >= 0.6 is 11.6 Å². The van der Waals surface area contributed by atoms with Crippen molar-refractivity contribution in [1.29, 1.82) is 0 Å². The van der Waals surface area contributed by atoms with Crippen molar-refractivity contribution in [3.63, 3.8) is 0 Å². The fourth-order valence-corrected chi connectivity index (χ4v) is 1.88. The summed E-state index contributed by atoms with van der Waals surface area (Å²) in [5, 5.41) is 3.14. The molecule has 0 bridgehead atoms. The van der Waals surface area contributed by atoms with E-state index in [0.717, 1.165) is 0 Å². The Labute approximate surface area is 127 Å². The first-order valence-corrected chi connectivity index (χ1v) is 6.58. The second-order valence-corrected chi connectivity index (χ2v) is 4.66. The summed E-state index contributed by atoms with van der Waals surface area (Å²) in [5.41, 5.74) is 6.65. The van der Waals surface area contributed by atoms with Crippen LogP contribution in [0.25, 0.3) is 0 Å². The SMILES string of the molecule is COc1ccccc1OCC(=O)Nc1cc(Cl)ccc1N. The zero-order valence-corrected chi connectivity index (χ0v) is 12.2. The molecule has 0 aromatic heterocycles. The molecule has 0 aliphatic heterocycles. The minimum absolute atomic E-state index is 0.160. The number of hydrogen-bond acceptors (Lipinski definition) is 4. The first-order valence-electron chi connectivity index (χ1n) is 6.21. The lowest BCUT2D eigenvalue weighted by Crippen LogP contribution is -2.21. The maximum Gasteiger partial charge on any atom is 0.262 e. The van der Waals surface area contributed by atoms with E-state index in [4.69, 9.17) is 26.8 Å². The van der Waals surface area contributed by atoms with E-state index in [-0.39, 0.29) is 12.5 Å². The highest BCUT2D eigenvalue weighted by Crippen LogP contribution is 2.26. The minimum Gasteiger partial charge on any atom is -0.493 e.